The number of anilines is 1. The lowest BCUT2D eigenvalue weighted by Crippen LogP contribution is -2.23. The van der Waals surface area contributed by atoms with Crippen LogP contribution in [0.3, 0.4) is 0 Å². The van der Waals surface area contributed by atoms with E-state index in [1.165, 1.54) is 11.8 Å². The first-order chi connectivity index (χ1) is 17.4. The van der Waals surface area contributed by atoms with E-state index in [9.17, 15) is 10.1 Å². The van der Waals surface area contributed by atoms with E-state index in [0.717, 1.165) is 44.9 Å². The van der Waals surface area contributed by atoms with Crippen molar-refractivity contribution in [2.45, 2.75) is 31.0 Å². The van der Waals surface area contributed by atoms with Crippen LogP contribution in [0.2, 0.25) is 0 Å². The molecule has 0 bridgehead atoms. The molecule has 0 aliphatic carbocycles. The Kier molecular flexibility index (Phi) is 7.72. The number of ether oxygens (including phenoxy) is 1. The topological polar surface area (TPSA) is 75.0 Å². The van der Waals surface area contributed by atoms with E-state index in [1.807, 2.05) is 99.6 Å². The molecular weight excluding hydrogens is 466 g/mol. The maximum atomic E-state index is 13.1. The molecule has 4 rings (SSSR count). The van der Waals surface area contributed by atoms with Crippen LogP contribution in [0.4, 0.5) is 5.69 Å². The first kappa shape index (κ1) is 25.0. The standard InChI is InChI=1S/C30H27N3O2S/c1-19-10-11-20(2)27(16-19)32-29(34)21(3)36-30-26(18-31)25(22-12-14-24(35-4)15-13-22)17-28(33-30)23-8-6-5-7-9-23/h5-17,21H,1-4H3,(H,32,34). The Bertz CT molecular complexity index is 1430. The number of amides is 1. The van der Waals surface area contributed by atoms with Gasteiger partial charge in [0.25, 0.3) is 0 Å². The number of thioether (sulfide) groups is 1. The van der Waals surface area contributed by atoms with Gasteiger partial charge in [0.1, 0.15) is 16.8 Å². The maximum absolute atomic E-state index is 13.1. The fourth-order valence-corrected chi connectivity index (χ4v) is 4.72. The number of carbonyl (C=O) groups excluding carboxylic acids is 1. The largest absolute Gasteiger partial charge is 0.497 e. The van der Waals surface area contributed by atoms with Gasteiger partial charge in [-0.05, 0) is 61.7 Å². The van der Waals surface area contributed by atoms with Crippen LogP contribution in [0.25, 0.3) is 22.4 Å². The number of aromatic nitrogens is 1. The molecule has 0 saturated carbocycles. The van der Waals surface area contributed by atoms with E-state index in [4.69, 9.17) is 9.72 Å². The number of nitrogens with zero attached hydrogens (tertiary/aromatic N) is 2. The average Bonchev–Trinajstić information content (AvgIpc) is 2.90. The van der Waals surface area contributed by atoms with E-state index in [2.05, 4.69) is 11.4 Å². The van der Waals surface area contributed by atoms with Crippen molar-refractivity contribution in [3.8, 4) is 34.2 Å². The van der Waals surface area contributed by atoms with Gasteiger partial charge in [0, 0.05) is 16.8 Å². The smallest absolute Gasteiger partial charge is 0.237 e. The number of hydrogen-bond acceptors (Lipinski definition) is 5. The summed E-state index contributed by atoms with van der Waals surface area (Å²) >= 11 is 1.29. The summed E-state index contributed by atoms with van der Waals surface area (Å²) in [5, 5.41) is 13.2. The monoisotopic (exact) mass is 493 g/mol. The van der Waals surface area contributed by atoms with Gasteiger partial charge in [-0.25, -0.2) is 4.98 Å². The van der Waals surface area contributed by atoms with Crippen molar-refractivity contribution in [1.82, 2.24) is 4.98 Å². The summed E-state index contributed by atoms with van der Waals surface area (Å²) in [6, 6.07) is 27.6. The zero-order valence-electron chi connectivity index (χ0n) is 20.7. The normalized spacial score (nSPS) is 11.4. The highest BCUT2D eigenvalue weighted by Gasteiger charge is 2.22. The van der Waals surface area contributed by atoms with Gasteiger partial charge in [0.2, 0.25) is 5.91 Å². The van der Waals surface area contributed by atoms with Gasteiger partial charge in [0.15, 0.2) is 0 Å². The summed E-state index contributed by atoms with van der Waals surface area (Å²) in [6.07, 6.45) is 0. The quantitative estimate of drug-likeness (QED) is 0.280. The number of benzene rings is 3. The second-order valence-electron chi connectivity index (χ2n) is 8.51. The Morgan fingerprint density at radius 2 is 1.72 bits per heavy atom. The minimum Gasteiger partial charge on any atom is -0.497 e. The van der Waals surface area contributed by atoms with E-state index in [0.29, 0.717) is 10.6 Å². The number of nitriles is 1. The zero-order chi connectivity index (χ0) is 25.7. The van der Waals surface area contributed by atoms with Crippen LogP contribution in [0.1, 0.15) is 23.6 Å². The highest BCUT2D eigenvalue weighted by molar-refractivity contribution is 8.00. The second-order valence-corrected chi connectivity index (χ2v) is 9.84. The molecule has 3 aromatic carbocycles. The van der Waals surface area contributed by atoms with Gasteiger partial charge >= 0.3 is 0 Å². The molecule has 1 amide bonds. The van der Waals surface area contributed by atoms with Gasteiger partial charge in [-0.15, -0.1) is 0 Å². The van der Waals surface area contributed by atoms with Gasteiger partial charge < -0.3 is 10.1 Å². The summed E-state index contributed by atoms with van der Waals surface area (Å²) in [7, 11) is 1.62. The van der Waals surface area contributed by atoms with Gasteiger partial charge in [-0.3, -0.25) is 4.79 Å². The third-order valence-corrected chi connectivity index (χ3v) is 6.96. The van der Waals surface area contributed by atoms with Crippen LogP contribution >= 0.6 is 11.8 Å². The molecule has 0 radical (unpaired) electrons. The Hall–Kier alpha value is -4.08. The van der Waals surface area contributed by atoms with Crippen LogP contribution < -0.4 is 10.1 Å². The summed E-state index contributed by atoms with van der Waals surface area (Å²) in [4.78, 5) is 17.9. The maximum Gasteiger partial charge on any atom is 0.237 e. The van der Waals surface area contributed by atoms with Crippen molar-refractivity contribution >= 4 is 23.4 Å². The molecule has 1 heterocycles. The third-order valence-electron chi connectivity index (χ3n) is 5.88. The minimum atomic E-state index is -0.473. The highest BCUT2D eigenvalue weighted by atomic mass is 32.2. The second kappa shape index (κ2) is 11.1. The fraction of sp³-hybridized carbons (Fsp3) is 0.167. The number of methoxy groups -OCH3 is 1. The Balaban J connectivity index is 1.73. The average molecular weight is 494 g/mol. The number of nitrogens with one attached hydrogen (secondary N) is 1. The predicted octanol–water partition coefficient (Wildman–Crippen LogP) is 7.03. The zero-order valence-corrected chi connectivity index (χ0v) is 21.5. The Labute approximate surface area is 216 Å². The number of hydrogen-bond donors (Lipinski definition) is 1. The lowest BCUT2D eigenvalue weighted by molar-refractivity contribution is -0.115. The van der Waals surface area contributed by atoms with E-state index in [1.54, 1.807) is 7.11 Å². The number of aryl methyl sites for hydroxylation is 2. The molecule has 1 aromatic heterocycles. The van der Waals surface area contributed by atoms with Gasteiger partial charge in [-0.1, -0.05) is 66.4 Å². The minimum absolute atomic E-state index is 0.143. The van der Waals surface area contributed by atoms with E-state index in [-0.39, 0.29) is 5.91 Å². The first-order valence-electron chi connectivity index (χ1n) is 11.6. The molecule has 0 fully saturated rings. The van der Waals surface area contributed by atoms with Crippen LogP contribution in [0.15, 0.2) is 83.9 Å². The molecule has 5 nitrogen and oxygen atoms in total. The third kappa shape index (κ3) is 5.59. The van der Waals surface area contributed by atoms with Crippen molar-refractivity contribution in [3.63, 3.8) is 0 Å². The number of rotatable bonds is 7. The lowest BCUT2D eigenvalue weighted by atomic mass is 9.99. The molecular formula is C30H27N3O2S. The molecule has 0 aliphatic rings. The van der Waals surface area contributed by atoms with E-state index < -0.39 is 5.25 Å². The van der Waals surface area contributed by atoms with Gasteiger partial charge in [-0.2, -0.15) is 5.26 Å². The van der Waals surface area contributed by atoms with E-state index >= 15 is 0 Å². The van der Waals surface area contributed by atoms with Gasteiger partial charge in [0.05, 0.1) is 23.6 Å². The number of carbonyl (C=O) groups is 1. The fourth-order valence-electron chi connectivity index (χ4n) is 3.80. The Morgan fingerprint density at radius 1 is 1.00 bits per heavy atom. The molecule has 1 unspecified atom stereocenters. The molecule has 0 spiro atoms. The summed E-state index contributed by atoms with van der Waals surface area (Å²) in [5.41, 5.74) is 6.62. The van der Waals surface area contributed by atoms with Crippen LogP contribution in [0, 0.1) is 25.2 Å². The molecule has 1 N–H and O–H groups in total. The summed E-state index contributed by atoms with van der Waals surface area (Å²) in [6.45, 7) is 5.79. The SMILES string of the molecule is COc1ccc(-c2cc(-c3ccccc3)nc(SC(C)C(=O)Nc3cc(C)ccc3C)c2C#N)cc1. The van der Waals surface area contributed by atoms with Crippen LogP contribution in [-0.4, -0.2) is 23.3 Å². The first-order valence-corrected chi connectivity index (χ1v) is 12.5. The van der Waals surface area contributed by atoms with Crippen LogP contribution in [0.5, 0.6) is 5.75 Å². The molecule has 4 aromatic rings. The lowest BCUT2D eigenvalue weighted by Gasteiger charge is -2.17. The van der Waals surface area contributed by atoms with Crippen molar-refractivity contribution in [2.75, 3.05) is 12.4 Å². The molecule has 6 heteroatoms. The van der Waals surface area contributed by atoms with Crippen LogP contribution in [-0.2, 0) is 4.79 Å². The number of pyridine rings is 1. The van der Waals surface area contributed by atoms with Crippen molar-refractivity contribution in [3.05, 3.63) is 95.6 Å². The van der Waals surface area contributed by atoms with Crippen molar-refractivity contribution < 1.29 is 9.53 Å². The molecule has 0 aliphatic heterocycles. The molecule has 180 valence electrons. The molecule has 36 heavy (non-hydrogen) atoms. The molecule has 1 atom stereocenters. The predicted molar refractivity (Wildman–Crippen MR) is 146 cm³/mol. The van der Waals surface area contributed by atoms with Crippen molar-refractivity contribution in [1.29, 1.82) is 5.26 Å². The molecule has 0 saturated heterocycles. The Morgan fingerprint density at radius 3 is 2.39 bits per heavy atom. The van der Waals surface area contributed by atoms with Crippen molar-refractivity contribution in [2.24, 2.45) is 0 Å². The summed E-state index contributed by atoms with van der Waals surface area (Å²) < 4.78 is 5.30. The summed E-state index contributed by atoms with van der Waals surface area (Å²) in [5.74, 6) is 0.594. The highest BCUT2D eigenvalue weighted by Crippen LogP contribution is 2.36.